The largest absolute Gasteiger partial charge is 0.356 e. The number of hydrogen-bond donors (Lipinski definition) is 2. The van der Waals surface area contributed by atoms with Gasteiger partial charge in [-0.3, -0.25) is 9.59 Å². The molecule has 0 saturated carbocycles. The number of hydrogen-bond acceptors (Lipinski definition) is 6. The van der Waals surface area contributed by atoms with E-state index >= 15 is 0 Å². The summed E-state index contributed by atoms with van der Waals surface area (Å²) >= 11 is 4.80. The van der Waals surface area contributed by atoms with Crippen molar-refractivity contribution in [3.8, 4) is 10.6 Å². The predicted molar refractivity (Wildman–Crippen MR) is 116 cm³/mol. The molecule has 0 spiro atoms. The van der Waals surface area contributed by atoms with E-state index < -0.39 is 5.25 Å². The van der Waals surface area contributed by atoms with E-state index in [-0.39, 0.29) is 18.2 Å². The first-order chi connectivity index (χ1) is 13.6. The van der Waals surface area contributed by atoms with Crippen molar-refractivity contribution in [2.75, 3.05) is 11.9 Å². The second-order valence-electron chi connectivity index (χ2n) is 6.41. The van der Waals surface area contributed by atoms with Crippen LogP contribution in [0.4, 0.5) is 5.69 Å². The van der Waals surface area contributed by atoms with E-state index in [0.29, 0.717) is 6.54 Å². The van der Waals surface area contributed by atoms with Gasteiger partial charge in [-0.2, -0.15) is 0 Å². The Balaban J connectivity index is 1.26. The van der Waals surface area contributed by atoms with Crippen LogP contribution >= 0.6 is 34.4 Å². The first-order valence-corrected chi connectivity index (χ1v) is 11.5. The number of rotatable bonds is 6. The Morgan fingerprint density at radius 2 is 2.11 bits per heavy atom. The maximum Gasteiger partial charge on any atom is 0.238 e. The van der Waals surface area contributed by atoms with E-state index in [2.05, 4.69) is 33.1 Å². The van der Waals surface area contributed by atoms with Gasteiger partial charge in [-0.05, 0) is 37.6 Å². The van der Waals surface area contributed by atoms with Crippen LogP contribution in [0.25, 0.3) is 10.6 Å². The minimum absolute atomic E-state index is 0.0982. The zero-order chi connectivity index (χ0) is 19.5. The zero-order valence-corrected chi connectivity index (χ0v) is 17.7. The molecule has 28 heavy (non-hydrogen) atoms. The van der Waals surface area contributed by atoms with Crippen molar-refractivity contribution < 1.29 is 9.59 Å². The molecule has 0 aliphatic carbocycles. The number of fused-ring (bicyclic) bond motifs is 1. The van der Waals surface area contributed by atoms with Crippen LogP contribution in [0.3, 0.4) is 0 Å². The van der Waals surface area contributed by atoms with E-state index in [1.807, 2.05) is 31.2 Å². The molecule has 0 fully saturated rings. The summed E-state index contributed by atoms with van der Waals surface area (Å²) in [6.07, 6.45) is 0.949. The standard InChI is InChI=1S/C20H19N3O2S3/c1-12-22-15(11-26-12)17-7-6-13(27-17)8-9-21-19(24)10-18-20(25)23-14-4-2-3-5-16(14)28-18/h2-7,11,18H,8-10H2,1H3,(H,21,24)(H,23,25)/t18-/m0/s1. The molecule has 0 bridgehead atoms. The molecule has 1 aromatic carbocycles. The van der Waals surface area contributed by atoms with Gasteiger partial charge in [-0.25, -0.2) is 4.98 Å². The van der Waals surface area contributed by atoms with Crippen LogP contribution in [0.2, 0.25) is 0 Å². The van der Waals surface area contributed by atoms with Gasteiger partial charge in [-0.1, -0.05) is 12.1 Å². The number of thiophene rings is 1. The molecule has 5 nitrogen and oxygen atoms in total. The van der Waals surface area contributed by atoms with E-state index in [1.54, 1.807) is 22.7 Å². The van der Waals surface area contributed by atoms with Crippen molar-refractivity contribution in [3.05, 3.63) is 51.7 Å². The summed E-state index contributed by atoms with van der Waals surface area (Å²) in [5.74, 6) is -0.209. The summed E-state index contributed by atoms with van der Waals surface area (Å²) in [5.41, 5.74) is 1.83. The fourth-order valence-corrected chi connectivity index (χ4v) is 5.69. The highest BCUT2D eigenvalue weighted by Crippen LogP contribution is 2.36. The Bertz CT molecular complexity index is 1010. The fourth-order valence-electron chi connectivity index (χ4n) is 2.92. The van der Waals surface area contributed by atoms with Crippen LogP contribution in [-0.2, 0) is 16.0 Å². The lowest BCUT2D eigenvalue weighted by Gasteiger charge is -2.23. The maximum atomic E-state index is 12.3. The lowest BCUT2D eigenvalue weighted by Crippen LogP contribution is -2.35. The molecule has 1 aliphatic heterocycles. The van der Waals surface area contributed by atoms with Crippen molar-refractivity contribution in [2.45, 2.75) is 29.9 Å². The number of nitrogens with zero attached hydrogens (tertiary/aromatic N) is 1. The number of thioether (sulfide) groups is 1. The molecule has 3 heterocycles. The topological polar surface area (TPSA) is 71.1 Å². The van der Waals surface area contributed by atoms with Gasteiger partial charge >= 0.3 is 0 Å². The second kappa shape index (κ2) is 8.46. The van der Waals surface area contributed by atoms with Crippen LogP contribution in [0.1, 0.15) is 16.3 Å². The molecular weight excluding hydrogens is 410 g/mol. The Morgan fingerprint density at radius 3 is 2.93 bits per heavy atom. The highest BCUT2D eigenvalue weighted by molar-refractivity contribution is 8.01. The van der Waals surface area contributed by atoms with Gasteiger partial charge in [0.2, 0.25) is 11.8 Å². The van der Waals surface area contributed by atoms with E-state index in [9.17, 15) is 9.59 Å². The molecule has 4 rings (SSSR count). The number of nitrogens with one attached hydrogen (secondary N) is 2. The number of anilines is 1. The normalized spacial score (nSPS) is 15.8. The third kappa shape index (κ3) is 4.45. The Morgan fingerprint density at radius 1 is 1.25 bits per heavy atom. The van der Waals surface area contributed by atoms with Crippen molar-refractivity contribution in [1.82, 2.24) is 10.3 Å². The molecule has 2 amide bonds. The van der Waals surface area contributed by atoms with Crippen molar-refractivity contribution in [1.29, 1.82) is 0 Å². The summed E-state index contributed by atoms with van der Waals surface area (Å²) in [6.45, 7) is 2.56. The molecule has 0 unspecified atom stereocenters. The number of amides is 2. The average Bonchev–Trinajstić information content (AvgIpc) is 3.31. The van der Waals surface area contributed by atoms with Crippen LogP contribution in [0, 0.1) is 6.92 Å². The van der Waals surface area contributed by atoms with E-state index in [4.69, 9.17) is 0 Å². The number of carbonyl (C=O) groups is 2. The Labute approximate surface area is 175 Å². The van der Waals surface area contributed by atoms with Gasteiger partial charge in [0.1, 0.15) is 0 Å². The van der Waals surface area contributed by atoms with E-state index in [0.717, 1.165) is 32.6 Å². The molecule has 2 aromatic heterocycles. The average molecular weight is 430 g/mol. The molecule has 1 aliphatic rings. The number of benzene rings is 1. The number of aromatic nitrogens is 1. The number of carbonyl (C=O) groups excluding carboxylic acids is 2. The van der Waals surface area contributed by atoms with Crippen LogP contribution in [0.5, 0.6) is 0 Å². The molecule has 1 atom stereocenters. The van der Waals surface area contributed by atoms with Crippen LogP contribution < -0.4 is 10.6 Å². The third-order valence-electron chi connectivity index (χ3n) is 4.30. The number of para-hydroxylation sites is 1. The minimum Gasteiger partial charge on any atom is -0.356 e. The lowest BCUT2D eigenvalue weighted by molar-refractivity contribution is -0.124. The predicted octanol–water partition coefficient (Wildman–Crippen LogP) is 4.34. The first kappa shape index (κ1) is 19.2. The second-order valence-corrected chi connectivity index (χ2v) is 9.89. The number of thiazole rings is 1. The van der Waals surface area contributed by atoms with Crippen molar-refractivity contribution in [2.24, 2.45) is 0 Å². The first-order valence-electron chi connectivity index (χ1n) is 8.93. The van der Waals surface area contributed by atoms with Gasteiger partial charge in [0.25, 0.3) is 0 Å². The third-order valence-corrected chi connectivity index (χ3v) is 7.52. The van der Waals surface area contributed by atoms with Crippen molar-refractivity contribution in [3.63, 3.8) is 0 Å². The molecule has 144 valence electrons. The summed E-state index contributed by atoms with van der Waals surface area (Å²) in [5, 5.41) is 8.55. The molecule has 0 radical (unpaired) electrons. The lowest BCUT2D eigenvalue weighted by atomic mass is 10.2. The Kier molecular flexibility index (Phi) is 5.79. The minimum atomic E-state index is -0.392. The number of aryl methyl sites for hydroxylation is 1. The molecule has 2 N–H and O–H groups in total. The SMILES string of the molecule is Cc1nc(-c2ccc(CCNC(=O)C[C@@H]3Sc4ccccc4NC3=O)s2)cs1. The fraction of sp³-hybridized carbons (Fsp3) is 0.250. The Hall–Kier alpha value is -2.16. The smallest absolute Gasteiger partial charge is 0.238 e. The van der Waals surface area contributed by atoms with Gasteiger partial charge < -0.3 is 10.6 Å². The van der Waals surface area contributed by atoms with Crippen LogP contribution in [0.15, 0.2) is 46.7 Å². The monoisotopic (exact) mass is 429 g/mol. The van der Waals surface area contributed by atoms with Gasteiger partial charge in [0.15, 0.2) is 0 Å². The molecule has 8 heteroatoms. The van der Waals surface area contributed by atoms with Gasteiger partial charge in [0.05, 0.1) is 26.5 Å². The highest BCUT2D eigenvalue weighted by atomic mass is 32.2. The molecule has 0 saturated heterocycles. The van der Waals surface area contributed by atoms with Crippen LogP contribution in [-0.4, -0.2) is 28.6 Å². The van der Waals surface area contributed by atoms with Gasteiger partial charge in [-0.15, -0.1) is 34.4 Å². The maximum absolute atomic E-state index is 12.3. The highest BCUT2D eigenvalue weighted by Gasteiger charge is 2.28. The van der Waals surface area contributed by atoms with E-state index in [1.165, 1.54) is 16.6 Å². The quantitative estimate of drug-likeness (QED) is 0.611. The summed E-state index contributed by atoms with van der Waals surface area (Å²) in [7, 11) is 0. The summed E-state index contributed by atoms with van der Waals surface area (Å²) < 4.78 is 0. The molecular formula is C20H19N3O2S3. The van der Waals surface area contributed by atoms with Crippen molar-refractivity contribution >= 4 is 51.9 Å². The molecule has 3 aromatic rings. The van der Waals surface area contributed by atoms with Gasteiger partial charge in [0, 0.05) is 28.1 Å². The summed E-state index contributed by atoms with van der Waals surface area (Å²) in [6, 6.07) is 11.8. The zero-order valence-electron chi connectivity index (χ0n) is 15.2. The summed E-state index contributed by atoms with van der Waals surface area (Å²) in [4.78, 5) is 32.4.